The van der Waals surface area contributed by atoms with Gasteiger partial charge >= 0.3 is 0 Å². The van der Waals surface area contributed by atoms with Gasteiger partial charge in [-0.2, -0.15) is 0 Å². The number of aromatic hydroxyl groups is 1. The zero-order valence-electron chi connectivity index (χ0n) is 10.7. The summed E-state index contributed by atoms with van der Waals surface area (Å²) in [5, 5.41) is 14.3. The Morgan fingerprint density at radius 1 is 1.35 bits per heavy atom. The second-order valence-electron chi connectivity index (χ2n) is 3.96. The van der Waals surface area contributed by atoms with Crippen molar-refractivity contribution in [3.63, 3.8) is 0 Å². The number of benzene rings is 1. The molecular formula is C15H14N2O2S. The Bertz CT molecular complexity index is 668. The van der Waals surface area contributed by atoms with E-state index < -0.39 is 0 Å². The molecule has 0 spiro atoms. The van der Waals surface area contributed by atoms with E-state index in [1.807, 2.05) is 11.4 Å². The Labute approximate surface area is 121 Å². The van der Waals surface area contributed by atoms with Crippen LogP contribution in [0.15, 0.2) is 35.7 Å². The highest BCUT2D eigenvalue weighted by Gasteiger charge is 2.10. The highest BCUT2D eigenvalue weighted by Crippen LogP contribution is 2.18. The minimum atomic E-state index is -0.311. The summed E-state index contributed by atoms with van der Waals surface area (Å²) < 4.78 is 0. The van der Waals surface area contributed by atoms with Crippen molar-refractivity contribution in [3.05, 3.63) is 51.7 Å². The molecule has 4 N–H and O–H groups in total. The summed E-state index contributed by atoms with van der Waals surface area (Å²) in [7, 11) is 0. The lowest BCUT2D eigenvalue weighted by atomic mass is 10.2. The molecule has 5 heteroatoms. The highest BCUT2D eigenvalue weighted by atomic mass is 32.1. The van der Waals surface area contributed by atoms with Crippen LogP contribution in [0.4, 0.5) is 0 Å². The van der Waals surface area contributed by atoms with Gasteiger partial charge in [-0.1, -0.05) is 24.0 Å². The number of para-hydroxylation sites is 1. The summed E-state index contributed by atoms with van der Waals surface area (Å²) >= 11 is 1.52. The molecular weight excluding hydrogens is 272 g/mol. The average Bonchev–Trinajstić information content (AvgIpc) is 2.90. The number of nitrogens with two attached hydrogens (primary N) is 1. The van der Waals surface area contributed by atoms with Gasteiger partial charge in [-0.05, 0) is 23.6 Å². The van der Waals surface area contributed by atoms with Crippen LogP contribution in [0.25, 0.3) is 0 Å². The Hall–Kier alpha value is -2.29. The Morgan fingerprint density at radius 3 is 2.90 bits per heavy atom. The van der Waals surface area contributed by atoms with E-state index in [-0.39, 0.29) is 17.2 Å². The number of phenols is 1. The number of rotatable bonds is 3. The predicted octanol–water partition coefficient (Wildman–Crippen LogP) is 1.69. The smallest absolute Gasteiger partial charge is 0.255 e. The zero-order valence-corrected chi connectivity index (χ0v) is 11.5. The van der Waals surface area contributed by atoms with E-state index in [1.165, 1.54) is 17.4 Å². The van der Waals surface area contributed by atoms with Crippen LogP contribution in [0.3, 0.4) is 0 Å². The fourth-order valence-electron chi connectivity index (χ4n) is 1.66. The van der Waals surface area contributed by atoms with E-state index in [2.05, 4.69) is 17.2 Å². The maximum atomic E-state index is 12.0. The van der Waals surface area contributed by atoms with E-state index >= 15 is 0 Å². The summed E-state index contributed by atoms with van der Waals surface area (Å²) in [4.78, 5) is 12.9. The lowest BCUT2D eigenvalue weighted by Crippen LogP contribution is -2.22. The third kappa shape index (κ3) is 3.38. The molecule has 0 saturated heterocycles. The molecule has 0 aliphatic rings. The molecule has 4 nitrogen and oxygen atoms in total. The maximum absolute atomic E-state index is 12.0. The van der Waals surface area contributed by atoms with Crippen LogP contribution in [0.1, 0.15) is 20.8 Å². The number of carbonyl (C=O) groups excluding carboxylic acids is 1. The van der Waals surface area contributed by atoms with E-state index in [1.54, 1.807) is 18.2 Å². The van der Waals surface area contributed by atoms with Gasteiger partial charge in [0.25, 0.3) is 5.91 Å². The molecule has 2 rings (SSSR count). The van der Waals surface area contributed by atoms with Gasteiger partial charge in [-0.25, -0.2) is 0 Å². The molecule has 0 aliphatic heterocycles. The van der Waals surface area contributed by atoms with E-state index in [0.29, 0.717) is 13.1 Å². The lowest BCUT2D eigenvalue weighted by Gasteiger charge is -2.06. The predicted molar refractivity (Wildman–Crippen MR) is 79.5 cm³/mol. The number of carbonyl (C=O) groups is 1. The van der Waals surface area contributed by atoms with E-state index in [9.17, 15) is 9.90 Å². The van der Waals surface area contributed by atoms with Crippen molar-refractivity contribution >= 4 is 17.2 Å². The molecule has 0 fully saturated rings. The normalized spacial score (nSPS) is 9.65. The van der Waals surface area contributed by atoms with Gasteiger partial charge in [0.2, 0.25) is 0 Å². The Kier molecular flexibility index (Phi) is 4.77. The molecule has 2 aromatic rings. The Morgan fingerprint density at radius 2 is 2.15 bits per heavy atom. The highest BCUT2D eigenvalue weighted by molar-refractivity contribution is 7.10. The monoisotopic (exact) mass is 286 g/mol. The molecule has 0 aliphatic carbocycles. The first-order valence-corrected chi connectivity index (χ1v) is 6.92. The first-order valence-electron chi connectivity index (χ1n) is 6.04. The number of amides is 1. The first-order chi connectivity index (χ1) is 9.72. The second-order valence-corrected chi connectivity index (χ2v) is 4.96. The molecule has 0 unspecified atom stereocenters. The van der Waals surface area contributed by atoms with Crippen molar-refractivity contribution in [2.24, 2.45) is 5.73 Å². The van der Waals surface area contributed by atoms with Gasteiger partial charge in [-0.15, -0.1) is 11.3 Å². The third-order valence-corrected chi connectivity index (χ3v) is 3.55. The molecule has 1 aromatic carbocycles. The minimum Gasteiger partial charge on any atom is -0.507 e. The number of phenolic OH excluding ortho intramolecular Hbond substituents is 1. The van der Waals surface area contributed by atoms with Gasteiger partial charge in [-0.3, -0.25) is 4.79 Å². The molecule has 102 valence electrons. The second kappa shape index (κ2) is 6.75. The van der Waals surface area contributed by atoms with Gasteiger partial charge in [0.05, 0.1) is 18.7 Å². The fourth-order valence-corrected chi connectivity index (χ4v) is 2.43. The topological polar surface area (TPSA) is 75.3 Å². The van der Waals surface area contributed by atoms with Crippen molar-refractivity contribution in [3.8, 4) is 17.6 Å². The van der Waals surface area contributed by atoms with Crippen LogP contribution in [-0.2, 0) is 6.54 Å². The van der Waals surface area contributed by atoms with Crippen LogP contribution in [-0.4, -0.2) is 17.6 Å². The Balaban J connectivity index is 2.04. The molecule has 20 heavy (non-hydrogen) atoms. The van der Waals surface area contributed by atoms with Crippen LogP contribution in [0.5, 0.6) is 5.75 Å². The number of thiophene rings is 1. The summed E-state index contributed by atoms with van der Waals surface area (Å²) in [5.74, 6) is 5.41. The lowest BCUT2D eigenvalue weighted by molar-refractivity contribution is 0.0948. The SMILES string of the molecule is NCC#Cc1ccsc1CNC(=O)c1ccccc1O. The standard InChI is InChI=1S/C15H14N2O2S/c16-8-3-4-11-7-9-20-14(11)10-17-15(19)12-5-1-2-6-13(12)18/h1-2,5-7,9,18H,8,10,16H2,(H,17,19). The fraction of sp³-hybridized carbons (Fsp3) is 0.133. The molecule has 0 bridgehead atoms. The molecule has 1 aromatic heterocycles. The van der Waals surface area contributed by atoms with Crippen molar-refractivity contribution in [1.29, 1.82) is 0 Å². The van der Waals surface area contributed by atoms with Crippen LogP contribution in [0.2, 0.25) is 0 Å². The van der Waals surface area contributed by atoms with Crippen molar-refractivity contribution < 1.29 is 9.90 Å². The molecule has 0 radical (unpaired) electrons. The van der Waals surface area contributed by atoms with Crippen molar-refractivity contribution in [2.75, 3.05) is 6.54 Å². The summed E-state index contributed by atoms with van der Waals surface area (Å²) in [6.45, 7) is 0.680. The van der Waals surface area contributed by atoms with Crippen molar-refractivity contribution in [1.82, 2.24) is 5.32 Å². The third-order valence-electron chi connectivity index (χ3n) is 2.63. The zero-order chi connectivity index (χ0) is 14.4. The average molecular weight is 286 g/mol. The van der Waals surface area contributed by atoms with Crippen LogP contribution >= 0.6 is 11.3 Å². The van der Waals surface area contributed by atoms with E-state index in [4.69, 9.17) is 5.73 Å². The van der Waals surface area contributed by atoms with Gasteiger partial charge < -0.3 is 16.2 Å². The van der Waals surface area contributed by atoms with Gasteiger partial charge in [0.15, 0.2) is 0 Å². The largest absolute Gasteiger partial charge is 0.507 e. The molecule has 0 atom stereocenters. The summed E-state index contributed by atoms with van der Waals surface area (Å²) in [6, 6.07) is 8.34. The molecule has 1 heterocycles. The van der Waals surface area contributed by atoms with Crippen molar-refractivity contribution in [2.45, 2.75) is 6.54 Å². The van der Waals surface area contributed by atoms with Gasteiger partial charge in [0.1, 0.15) is 5.75 Å². The number of nitrogens with one attached hydrogen (secondary N) is 1. The minimum absolute atomic E-state index is 0.0284. The molecule has 0 saturated carbocycles. The maximum Gasteiger partial charge on any atom is 0.255 e. The number of hydrogen-bond donors (Lipinski definition) is 3. The summed E-state index contributed by atoms with van der Waals surface area (Å²) in [6.07, 6.45) is 0. The van der Waals surface area contributed by atoms with Crippen LogP contribution in [0, 0.1) is 11.8 Å². The van der Waals surface area contributed by atoms with Gasteiger partial charge in [0, 0.05) is 10.4 Å². The quantitative estimate of drug-likeness (QED) is 0.752. The van der Waals surface area contributed by atoms with E-state index in [0.717, 1.165) is 10.4 Å². The molecule has 1 amide bonds. The first kappa shape index (κ1) is 14.1. The number of hydrogen-bond acceptors (Lipinski definition) is 4. The summed E-state index contributed by atoms with van der Waals surface area (Å²) in [5.41, 5.74) is 6.48. The van der Waals surface area contributed by atoms with Crippen LogP contribution < -0.4 is 11.1 Å².